The lowest BCUT2D eigenvalue weighted by molar-refractivity contribution is 0.125. The Morgan fingerprint density at radius 1 is 1.35 bits per heavy atom. The van der Waals surface area contributed by atoms with Gasteiger partial charge in [0.1, 0.15) is 6.10 Å². The van der Waals surface area contributed by atoms with Crippen molar-refractivity contribution < 1.29 is 13.2 Å². The molecule has 20 heavy (non-hydrogen) atoms. The van der Waals surface area contributed by atoms with E-state index < -0.39 is 10.0 Å². The second-order valence-electron chi connectivity index (χ2n) is 5.08. The van der Waals surface area contributed by atoms with E-state index in [1.807, 2.05) is 19.0 Å². The van der Waals surface area contributed by atoms with Crippen LogP contribution >= 0.6 is 0 Å². The van der Waals surface area contributed by atoms with Crippen LogP contribution in [0.15, 0.2) is 12.4 Å². The van der Waals surface area contributed by atoms with Gasteiger partial charge in [0.25, 0.3) is 5.88 Å². The summed E-state index contributed by atoms with van der Waals surface area (Å²) in [5.41, 5.74) is 0. The molecule has 1 unspecified atom stereocenters. The summed E-state index contributed by atoms with van der Waals surface area (Å²) in [6.45, 7) is 0.919. The number of hydrogen-bond acceptors (Lipinski definition) is 6. The van der Waals surface area contributed by atoms with Crippen LogP contribution in [0.3, 0.4) is 0 Å². The lowest BCUT2D eigenvalue weighted by Gasteiger charge is -2.31. The van der Waals surface area contributed by atoms with Crippen LogP contribution in [0.2, 0.25) is 0 Å². The second-order valence-corrected chi connectivity index (χ2v) is 7.07. The Bertz CT molecular complexity index is 562. The molecule has 7 nitrogen and oxygen atoms in total. The highest BCUT2D eigenvalue weighted by Crippen LogP contribution is 2.24. The molecule has 1 fully saturated rings. The minimum absolute atomic E-state index is 0.186. The molecule has 0 spiro atoms. The van der Waals surface area contributed by atoms with Crippen molar-refractivity contribution >= 4 is 15.8 Å². The minimum Gasteiger partial charge on any atom is -0.470 e. The van der Waals surface area contributed by atoms with Gasteiger partial charge in [0.15, 0.2) is 5.82 Å². The third kappa shape index (κ3) is 3.57. The van der Waals surface area contributed by atoms with Crippen molar-refractivity contribution in [2.24, 2.45) is 0 Å². The normalized spacial score (nSPS) is 20.6. The summed E-state index contributed by atoms with van der Waals surface area (Å²) >= 11 is 0. The number of sulfonamides is 1. The van der Waals surface area contributed by atoms with Gasteiger partial charge in [-0.25, -0.2) is 18.4 Å². The summed E-state index contributed by atoms with van der Waals surface area (Å²) in [5, 5.41) is 0. The van der Waals surface area contributed by atoms with Crippen molar-refractivity contribution in [2.75, 3.05) is 38.3 Å². The lowest BCUT2D eigenvalue weighted by atomic mass is 10.1. The standard InChI is InChI=1S/C12H20N4O3S/c1-15(2)11-12(14-7-6-13-11)19-10-5-4-8-16(9-10)20(3,17)18/h6-7,10H,4-5,8-9H2,1-3H3. The van der Waals surface area contributed by atoms with Crippen molar-refractivity contribution in [3.05, 3.63) is 12.4 Å². The molecule has 0 saturated carbocycles. The third-order valence-electron chi connectivity index (χ3n) is 3.16. The summed E-state index contributed by atoms with van der Waals surface area (Å²) in [6, 6.07) is 0. The van der Waals surface area contributed by atoms with Crippen LogP contribution in [0.1, 0.15) is 12.8 Å². The Balaban J connectivity index is 2.11. The first-order chi connectivity index (χ1) is 9.38. The molecule has 1 aliphatic rings. The van der Waals surface area contributed by atoms with Gasteiger partial charge in [0, 0.05) is 33.0 Å². The Hall–Kier alpha value is -1.41. The van der Waals surface area contributed by atoms with Crippen LogP contribution in [0.25, 0.3) is 0 Å². The van der Waals surface area contributed by atoms with E-state index in [-0.39, 0.29) is 6.10 Å². The third-order valence-corrected chi connectivity index (χ3v) is 4.43. The zero-order chi connectivity index (χ0) is 14.8. The van der Waals surface area contributed by atoms with Gasteiger partial charge in [0.2, 0.25) is 10.0 Å². The van der Waals surface area contributed by atoms with Crippen molar-refractivity contribution in [1.29, 1.82) is 0 Å². The molecule has 1 aromatic rings. The van der Waals surface area contributed by atoms with Crippen LogP contribution in [0.5, 0.6) is 5.88 Å². The van der Waals surface area contributed by atoms with Gasteiger partial charge in [-0.1, -0.05) is 0 Å². The monoisotopic (exact) mass is 300 g/mol. The SMILES string of the molecule is CN(C)c1nccnc1OC1CCCN(S(C)(=O)=O)C1. The van der Waals surface area contributed by atoms with Gasteiger partial charge < -0.3 is 9.64 Å². The summed E-state index contributed by atoms with van der Waals surface area (Å²) in [6.07, 6.45) is 5.81. The largest absolute Gasteiger partial charge is 0.470 e. The highest BCUT2D eigenvalue weighted by molar-refractivity contribution is 7.88. The average molecular weight is 300 g/mol. The molecule has 1 atom stereocenters. The predicted octanol–water partition coefficient (Wildman–Crippen LogP) is 0.345. The molecule has 8 heteroatoms. The molecule has 1 saturated heterocycles. The fourth-order valence-corrected chi connectivity index (χ4v) is 3.07. The fraction of sp³-hybridized carbons (Fsp3) is 0.667. The Labute approximate surface area is 119 Å². The number of rotatable bonds is 4. The van der Waals surface area contributed by atoms with E-state index in [9.17, 15) is 8.42 Å². The maximum atomic E-state index is 11.6. The van der Waals surface area contributed by atoms with E-state index in [4.69, 9.17) is 4.74 Å². The van der Waals surface area contributed by atoms with E-state index >= 15 is 0 Å². The average Bonchev–Trinajstić information content (AvgIpc) is 2.38. The van der Waals surface area contributed by atoms with Gasteiger partial charge >= 0.3 is 0 Å². The summed E-state index contributed by atoms with van der Waals surface area (Å²) < 4.78 is 30.5. The molecule has 1 aliphatic heterocycles. The summed E-state index contributed by atoms with van der Waals surface area (Å²) in [5.74, 6) is 1.09. The number of aromatic nitrogens is 2. The summed E-state index contributed by atoms with van der Waals surface area (Å²) in [7, 11) is 0.553. The molecule has 112 valence electrons. The van der Waals surface area contributed by atoms with E-state index in [2.05, 4.69) is 9.97 Å². The number of anilines is 1. The topological polar surface area (TPSA) is 75.6 Å². The molecule has 2 heterocycles. The van der Waals surface area contributed by atoms with Crippen molar-refractivity contribution in [3.63, 3.8) is 0 Å². The zero-order valence-corrected chi connectivity index (χ0v) is 12.8. The van der Waals surface area contributed by atoms with Gasteiger partial charge in [0.05, 0.1) is 12.8 Å². The second kappa shape index (κ2) is 5.92. The number of nitrogens with zero attached hydrogens (tertiary/aromatic N) is 4. The van der Waals surface area contributed by atoms with Crippen molar-refractivity contribution in [2.45, 2.75) is 18.9 Å². The smallest absolute Gasteiger partial charge is 0.257 e. The molecule has 0 aromatic carbocycles. The summed E-state index contributed by atoms with van der Waals surface area (Å²) in [4.78, 5) is 10.2. The van der Waals surface area contributed by atoms with Crippen LogP contribution in [0.4, 0.5) is 5.82 Å². The predicted molar refractivity (Wildman–Crippen MR) is 76.4 cm³/mol. The van der Waals surface area contributed by atoms with Crippen molar-refractivity contribution in [1.82, 2.24) is 14.3 Å². The maximum absolute atomic E-state index is 11.6. The van der Waals surface area contributed by atoms with Crippen LogP contribution in [0, 0.1) is 0 Å². The van der Waals surface area contributed by atoms with Gasteiger partial charge in [-0.05, 0) is 12.8 Å². The molecule has 0 aliphatic carbocycles. The van der Waals surface area contributed by atoms with Gasteiger partial charge in [-0.2, -0.15) is 4.31 Å². The van der Waals surface area contributed by atoms with Crippen molar-refractivity contribution in [3.8, 4) is 5.88 Å². The Morgan fingerprint density at radius 2 is 2.05 bits per heavy atom. The molecule has 1 aromatic heterocycles. The minimum atomic E-state index is -3.17. The van der Waals surface area contributed by atoms with E-state index in [1.54, 1.807) is 12.4 Å². The number of ether oxygens (including phenoxy) is 1. The number of hydrogen-bond donors (Lipinski definition) is 0. The molecule has 0 N–H and O–H groups in total. The molecule has 2 rings (SSSR count). The zero-order valence-electron chi connectivity index (χ0n) is 12.0. The highest BCUT2D eigenvalue weighted by atomic mass is 32.2. The quantitative estimate of drug-likeness (QED) is 0.798. The van der Waals surface area contributed by atoms with Crippen LogP contribution in [-0.4, -0.2) is 62.2 Å². The van der Waals surface area contributed by atoms with Gasteiger partial charge in [-0.3, -0.25) is 0 Å². The molecule has 0 radical (unpaired) electrons. The highest BCUT2D eigenvalue weighted by Gasteiger charge is 2.28. The molecular weight excluding hydrogens is 280 g/mol. The maximum Gasteiger partial charge on any atom is 0.257 e. The van der Waals surface area contributed by atoms with E-state index in [0.29, 0.717) is 24.8 Å². The lowest BCUT2D eigenvalue weighted by Crippen LogP contribution is -2.44. The first-order valence-corrected chi connectivity index (χ1v) is 8.33. The fourth-order valence-electron chi connectivity index (χ4n) is 2.17. The van der Waals surface area contributed by atoms with E-state index in [0.717, 1.165) is 12.8 Å². The van der Waals surface area contributed by atoms with Crippen LogP contribution in [-0.2, 0) is 10.0 Å². The molecule has 0 bridgehead atoms. The Kier molecular flexibility index (Phi) is 4.44. The first kappa shape index (κ1) is 15.0. The first-order valence-electron chi connectivity index (χ1n) is 6.48. The van der Waals surface area contributed by atoms with Gasteiger partial charge in [-0.15, -0.1) is 0 Å². The van der Waals surface area contributed by atoms with E-state index in [1.165, 1.54) is 10.6 Å². The molecule has 0 amide bonds. The molecular formula is C12H20N4O3S. The number of piperidine rings is 1. The Morgan fingerprint density at radius 3 is 2.70 bits per heavy atom. The van der Waals surface area contributed by atoms with Crippen LogP contribution < -0.4 is 9.64 Å².